The van der Waals surface area contributed by atoms with Crippen molar-refractivity contribution in [2.75, 3.05) is 0 Å². The number of benzene rings is 1. The van der Waals surface area contributed by atoms with E-state index >= 15 is 0 Å². The van der Waals surface area contributed by atoms with Crippen LogP contribution in [0.25, 0.3) is 0 Å². The third-order valence-electron chi connectivity index (χ3n) is 1.40. The SMILES string of the molecule is NC(=O)c1cc([B]O)ccc1F. The molecule has 1 aromatic rings. The lowest BCUT2D eigenvalue weighted by Gasteiger charge is -1.99. The Morgan fingerprint density at radius 2 is 2.25 bits per heavy atom. The fourth-order valence-electron chi connectivity index (χ4n) is 0.812. The number of hydrogen-bond acceptors (Lipinski definition) is 2. The minimum atomic E-state index is -0.851. The smallest absolute Gasteiger partial charge is 0.326 e. The number of nitrogens with two attached hydrogens (primary N) is 1. The second-order valence-corrected chi connectivity index (χ2v) is 2.23. The van der Waals surface area contributed by atoms with Crippen molar-refractivity contribution >= 4 is 18.9 Å². The Bertz CT molecular complexity index is 316. The zero-order valence-corrected chi connectivity index (χ0v) is 6.12. The number of primary amides is 1. The van der Waals surface area contributed by atoms with Gasteiger partial charge < -0.3 is 10.8 Å². The first-order chi connectivity index (χ1) is 5.65. The first-order valence-corrected chi connectivity index (χ1v) is 3.22. The van der Waals surface area contributed by atoms with E-state index in [1.807, 2.05) is 0 Å². The Morgan fingerprint density at radius 3 is 2.75 bits per heavy atom. The van der Waals surface area contributed by atoms with Crippen LogP contribution in [0.5, 0.6) is 0 Å². The summed E-state index contributed by atoms with van der Waals surface area (Å²) in [6, 6.07) is 3.58. The molecule has 3 nitrogen and oxygen atoms in total. The molecule has 1 aromatic carbocycles. The van der Waals surface area contributed by atoms with Gasteiger partial charge in [-0.05, 0) is 12.1 Å². The molecule has 0 aromatic heterocycles. The molecule has 0 aliphatic rings. The minimum absolute atomic E-state index is 0.224. The van der Waals surface area contributed by atoms with E-state index < -0.39 is 11.7 Å². The summed E-state index contributed by atoms with van der Waals surface area (Å²) >= 11 is 0. The van der Waals surface area contributed by atoms with Gasteiger partial charge in [-0.25, -0.2) is 4.39 Å². The van der Waals surface area contributed by atoms with Gasteiger partial charge in [0.15, 0.2) is 0 Å². The number of carbonyl (C=O) groups excluding carboxylic acids is 1. The van der Waals surface area contributed by atoms with Gasteiger partial charge in [-0.2, -0.15) is 0 Å². The molecule has 0 saturated carbocycles. The van der Waals surface area contributed by atoms with Crippen molar-refractivity contribution < 1.29 is 14.2 Å². The highest BCUT2D eigenvalue weighted by Gasteiger charge is 2.08. The highest BCUT2D eigenvalue weighted by atomic mass is 19.1. The number of rotatable bonds is 2. The molecule has 3 N–H and O–H groups in total. The zero-order chi connectivity index (χ0) is 9.14. The molecule has 12 heavy (non-hydrogen) atoms. The molecular formula is C7H6BFNO2. The van der Waals surface area contributed by atoms with Crippen molar-refractivity contribution in [1.29, 1.82) is 0 Å². The molecular weight excluding hydrogens is 160 g/mol. The predicted molar refractivity (Wildman–Crippen MR) is 42.5 cm³/mol. The maximum absolute atomic E-state index is 12.8. The lowest BCUT2D eigenvalue weighted by Crippen LogP contribution is -2.20. The Hall–Kier alpha value is -1.36. The van der Waals surface area contributed by atoms with Crippen molar-refractivity contribution in [3.63, 3.8) is 0 Å². The molecule has 0 aliphatic carbocycles. The van der Waals surface area contributed by atoms with Crippen molar-refractivity contribution in [2.24, 2.45) is 5.73 Å². The van der Waals surface area contributed by atoms with Crippen molar-refractivity contribution in [1.82, 2.24) is 0 Å². The minimum Gasteiger partial charge on any atom is -0.450 e. The first-order valence-electron chi connectivity index (χ1n) is 3.22. The molecule has 5 heteroatoms. The van der Waals surface area contributed by atoms with Gasteiger partial charge in [-0.15, -0.1) is 0 Å². The fraction of sp³-hybridized carbons (Fsp3) is 0. The van der Waals surface area contributed by atoms with E-state index in [-0.39, 0.29) is 5.56 Å². The summed E-state index contributed by atoms with van der Waals surface area (Å²) in [5.74, 6) is -1.54. The highest BCUT2D eigenvalue weighted by molar-refractivity contribution is 6.45. The van der Waals surface area contributed by atoms with Crippen LogP contribution in [0.1, 0.15) is 10.4 Å². The highest BCUT2D eigenvalue weighted by Crippen LogP contribution is 2.02. The summed E-state index contributed by atoms with van der Waals surface area (Å²) in [7, 11) is 0.770. The average Bonchev–Trinajstić information content (AvgIpc) is 2.05. The molecule has 1 rings (SSSR count). The molecule has 61 valence electrons. The van der Waals surface area contributed by atoms with E-state index in [0.29, 0.717) is 5.46 Å². The molecule has 0 spiro atoms. The molecule has 0 fully saturated rings. The van der Waals surface area contributed by atoms with E-state index in [2.05, 4.69) is 0 Å². The Balaban J connectivity index is 3.17. The van der Waals surface area contributed by atoms with Gasteiger partial charge in [0, 0.05) is 0 Å². The normalized spacial score (nSPS) is 9.50. The standard InChI is InChI=1S/C7H6BFNO2/c9-6-2-1-4(8-12)3-5(6)7(10)11/h1-3,12H,(H2,10,11). The second-order valence-electron chi connectivity index (χ2n) is 2.23. The Labute approximate surface area is 69.3 Å². The van der Waals surface area contributed by atoms with Crippen LogP contribution in [0.3, 0.4) is 0 Å². The van der Waals surface area contributed by atoms with Crippen LogP contribution >= 0.6 is 0 Å². The van der Waals surface area contributed by atoms with Crippen molar-refractivity contribution in [2.45, 2.75) is 0 Å². The summed E-state index contributed by atoms with van der Waals surface area (Å²) in [6.45, 7) is 0. The summed E-state index contributed by atoms with van der Waals surface area (Å²) < 4.78 is 12.8. The van der Waals surface area contributed by atoms with Crippen molar-refractivity contribution in [3.05, 3.63) is 29.6 Å². The molecule has 0 heterocycles. The van der Waals surface area contributed by atoms with Gasteiger partial charge in [0.1, 0.15) is 5.82 Å². The van der Waals surface area contributed by atoms with Gasteiger partial charge in [0.2, 0.25) is 0 Å². The molecule has 0 unspecified atom stereocenters. The van der Waals surface area contributed by atoms with Crippen LogP contribution in [-0.4, -0.2) is 18.4 Å². The third kappa shape index (κ3) is 1.62. The maximum Gasteiger partial charge on any atom is 0.326 e. The van der Waals surface area contributed by atoms with E-state index in [9.17, 15) is 9.18 Å². The quantitative estimate of drug-likeness (QED) is 0.562. The van der Waals surface area contributed by atoms with Crippen LogP contribution in [0.4, 0.5) is 4.39 Å². The van der Waals surface area contributed by atoms with E-state index in [1.54, 1.807) is 0 Å². The monoisotopic (exact) mass is 166 g/mol. The van der Waals surface area contributed by atoms with Crippen LogP contribution in [0.15, 0.2) is 18.2 Å². The Kier molecular flexibility index (Phi) is 2.45. The molecule has 0 aliphatic heterocycles. The fourth-order valence-corrected chi connectivity index (χ4v) is 0.812. The number of halogens is 1. The molecule has 0 atom stereocenters. The topological polar surface area (TPSA) is 63.3 Å². The summed E-state index contributed by atoms with van der Waals surface area (Å²) in [6.07, 6.45) is 0. The summed E-state index contributed by atoms with van der Waals surface area (Å²) in [5.41, 5.74) is 4.98. The van der Waals surface area contributed by atoms with E-state index in [1.165, 1.54) is 12.1 Å². The van der Waals surface area contributed by atoms with Gasteiger partial charge in [0.25, 0.3) is 5.91 Å². The maximum atomic E-state index is 12.8. The van der Waals surface area contributed by atoms with E-state index in [0.717, 1.165) is 13.5 Å². The van der Waals surface area contributed by atoms with Crippen LogP contribution in [0.2, 0.25) is 0 Å². The number of amides is 1. The molecule has 0 saturated heterocycles. The van der Waals surface area contributed by atoms with Gasteiger partial charge in [-0.1, -0.05) is 11.5 Å². The number of carbonyl (C=O) groups is 1. The predicted octanol–water partition coefficient (Wildman–Crippen LogP) is -0.839. The van der Waals surface area contributed by atoms with Gasteiger partial charge >= 0.3 is 7.48 Å². The Morgan fingerprint density at radius 1 is 1.58 bits per heavy atom. The first kappa shape index (κ1) is 8.74. The van der Waals surface area contributed by atoms with Crippen LogP contribution < -0.4 is 11.2 Å². The van der Waals surface area contributed by atoms with Gasteiger partial charge in [0.05, 0.1) is 5.56 Å². The average molecular weight is 166 g/mol. The van der Waals surface area contributed by atoms with Crippen molar-refractivity contribution in [3.8, 4) is 0 Å². The summed E-state index contributed by atoms with van der Waals surface area (Å²) in [4.78, 5) is 10.6. The summed E-state index contributed by atoms with van der Waals surface area (Å²) in [5, 5.41) is 8.54. The van der Waals surface area contributed by atoms with Gasteiger partial charge in [-0.3, -0.25) is 4.79 Å². The molecule has 1 radical (unpaired) electrons. The van der Waals surface area contributed by atoms with Crippen LogP contribution in [-0.2, 0) is 0 Å². The second kappa shape index (κ2) is 3.36. The van der Waals surface area contributed by atoms with E-state index in [4.69, 9.17) is 10.8 Å². The lowest BCUT2D eigenvalue weighted by molar-refractivity contribution is 0.0996. The molecule has 1 amide bonds. The lowest BCUT2D eigenvalue weighted by atomic mass is 9.87. The number of hydrogen-bond donors (Lipinski definition) is 2. The van der Waals surface area contributed by atoms with Crippen LogP contribution in [0, 0.1) is 5.82 Å². The molecule has 0 bridgehead atoms. The largest absolute Gasteiger partial charge is 0.450 e. The third-order valence-corrected chi connectivity index (χ3v) is 1.40. The zero-order valence-electron chi connectivity index (χ0n) is 6.12.